The zero-order chi connectivity index (χ0) is 24.0. The van der Waals surface area contributed by atoms with Gasteiger partial charge in [-0.05, 0) is 55.9 Å². The summed E-state index contributed by atoms with van der Waals surface area (Å²) in [5, 5.41) is 17.3. The van der Waals surface area contributed by atoms with E-state index >= 15 is 0 Å². The molecule has 1 aromatic heterocycles. The van der Waals surface area contributed by atoms with Crippen LogP contribution in [0.25, 0.3) is 0 Å². The van der Waals surface area contributed by atoms with E-state index in [2.05, 4.69) is 20.3 Å². The van der Waals surface area contributed by atoms with Crippen LogP contribution in [0.15, 0.2) is 71.8 Å². The first-order chi connectivity index (χ1) is 15.7. The van der Waals surface area contributed by atoms with E-state index in [1.165, 1.54) is 37.4 Å². The van der Waals surface area contributed by atoms with Crippen molar-refractivity contribution in [1.82, 2.24) is 15.0 Å². The third-order valence-electron chi connectivity index (χ3n) is 4.89. The Kier molecular flexibility index (Phi) is 7.36. The Morgan fingerprint density at radius 3 is 2.58 bits per heavy atom. The van der Waals surface area contributed by atoms with E-state index in [-0.39, 0.29) is 34.4 Å². The molecule has 11 heteroatoms. The molecule has 0 aliphatic rings. The molecule has 172 valence electrons. The Hall–Kier alpha value is -3.83. The van der Waals surface area contributed by atoms with Crippen LogP contribution in [0.4, 0.5) is 11.4 Å². The van der Waals surface area contributed by atoms with Crippen molar-refractivity contribution in [2.24, 2.45) is 0 Å². The molecule has 1 unspecified atom stereocenters. The van der Waals surface area contributed by atoms with E-state index in [4.69, 9.17) is 0 Å². The maximum Gasteiger partial charge on any atom is 0.293 e. The van der Waals surface area contributed by atoms with Crippen molar-refractivity contribution >= 4 is 27.3 Å². The van der Waals surface area contributed by atoms with Crippen LogP contribution in [0.5, 0.6) is 0 Å². The van der Waals surface area contributed by atoms with E-state index in [1.54, 1.807) is 24.4 Å². The monoisotopic (exact) mass is 469 g/mol. The van der Waals surface area contributed by atoms with Crippen LogP contribution in [-0.2, 0) is 16.6 Å². The predicted octanol–water partition coefficient (Wildman–Crippen LogP) is 3.00. The molecule has 0 spiro atoms. The molecule has 3 aromatic rings. The van der Waals surface area contributed by atoms with Gasteiger partial charge >= 0.3 is 0 Å². The molecule has 0 fully saturated rings. The zero-order valence-electron chi connectivity index (χ0n) is 18.0. The molecule has 1 heterocycles. The largest absolute Gasteiger partial charge is 0.371 e. The number of anilines is 1. The summed E-state index contributed by atoms with van der Waals surface area (Å²) < 4.78 is 26.1. The number of nitro benzene ring substituents is 1. The molecule has 33 heavy (non-hydrogen) atoms. The quantitative estimate of drug-likeness (QED) is 0.323. The molecule has 3 rings (SSSR count). The SMILES string of the molecule is CNS(=O)(=O)c1cccc(CNC(=O)c2ccc(NC(C)c3ccccn3)c([N+](=O)[O-])c2)c1. The normalized spacial score (nSPS) is 12.1. The maximum absolute atomic E-state index is 12.6. The lowest BCUT2D eigenvalue weighted by Gasteiger charge is -2.15. The van der Waals surface area contributed by atoms with Gasteiger partial charge in [0.15, 0.2) is 0 Å². The van der Waals surface area contributed by atoms with E-state index in [9.17, 15) is 23.3 Å². The Balaban J connectivity index is 1.74. The van der Waals surface area contributed by atoms with Crippen LogP contribution < -0.4 is 15.4 Å². The molecule has 0 saturated carbocycles. The second-order valence-electron chi connectivity index (χ2n) is 7.15. The molecule has 0 aliphatic heterocycles. The third-order valence-corrected chi connectivity index (χ3v) is 6.30. The molecule has 0 aliphatic carbocycles. The van der Waals surface area contributed by atoms with Gasteiger partial charge in [0.1, 0.15) is 5.69 Å². The number of carbonyl (C=O) groups excluding carboxylic acids is 1. The summed E-state index contributed by atoms with van der Waals surface area (Å²) >= 11 is 0. The van der Waals surface area contributed by atoms with Gasteiger partial charge in [-0.1, -0.05) is 18.2 Å². The molecule has 0 radical (unpaired) electrons. The van der Waals surface area contributed by atoms with Gasteiger partial charge in [0, 0.05) is 24.4 Å². The molecule has 2 aromatic carbocycles. The van der Waals surface area contributed by atoms with Crippen molar-refractivity contribution in [2.75, 3.05) is 12.4 Å². The molecule has 10 nitrogen and oxygen atoms in total. The lowest BCUT2D eigenvalue weighted by molar-refractivity contribution is -0.384. The summed E-state index contributed by atoms with van der Waals surface area (Å²) in [6.07, 6.45) is 1.64. The van der Waals surface area contributed by atoms with E-state index < -0.39 is 20.9 Å². The molecular weight excluding hydrogens is 446 g/mol. The van der Waals surface area contributed by atoms with Gasteiger partial charge in [-0.25, -0.2) is 13.1 Å². The Labute approximate surface area is 191 Å². The van der Waals surface area contributed by atoms with Gasteiger partial charge in [-0.3, -0.25) is 19.9 Å². The number of nitrogens with zero attached hydrogens (tertiary/aromatic N) is 2. The van der Waals surface area contributed by atoms with Crippen molar-refractivity contribution in [1.29, 1.82) is 0 Å². The number of amides is 1. The number of rotatable bonds is 9. The fraction of sp³-hybridized carbons (Fsp3) is 0.182. The highest BCUT2D eigenvalue weighted by Crippen LogP contribution is 2.29. The van der Waals surface area contributed by atoms with Crippen molar-refractivity contribution < 1.29 is 18.1 Å². The molecular formula is C22H23N5O5S. The minimum Gasteiger partial charge on any atom is -0.371 e. The molecule has 0 saturated heterocycles. The number of sulfonamides is 1. The first-order valence-electron chi connectivity index (χ1n) is 9.98. The summed E-state index contributed by atoms with van der Waals surface area (Å²) in [4.78, 5) is 28.0. The smallest absolute Gasteiger partial charge is 0.293 e. The van der Waals surface area contributed by atoms with Gasteiger partial charge in [-0.15, -0.1) is 0 Å². The van der Waals surface area contributed by atoms with Crippen LogP contribution in [0, 0.1) is 10.1 Å². The second kappa shape index (κ2) is 10.2. The number of benzene rings is 2. The Morgan fingerprint density at radius 1 is 1.12 bits per heavy atom. The summed E-state index contributed by atoms with van der Waals surface area (Å²) in [5.41, 5.74) is 1.41. The fourth-order valence-electron chi connectivity index (χ4n) is 3.11. The van der Waals surface area contributed by atoms with Gasteiger partial charge in [-0.2, -0.15) is 0 Å². The number of hydrogen-bond acceptors (Lipinski definition) is 7. The van der Waals surface area contributed by atoms with Crippen LogP contribution in [-0.4, -0.2) is 31.3 Å². The second-order valence-corrected chi connectivity index (χ2v) is 9.03. The van der Waals surface area contributed by atoms with Gasteiger partial charge in [0.25, 0.3) is 11.6 Å². The average molecular weight is 470 g/mol. The summed E-state index contributed by atoms with van der Waals surface area (Å²) in [6.45, 7) is 1.88. The number of nitrogens with one attached hydrogen (secondary N) is 3. The molecule has 1 amide bonds. The van der Waals surface area contributed by atoms with Gasteiger partial charge in [0.2, 0.25) is 10.0 Å². The van der Waals surface area contributed by atoms with Crippen molar-refractivity contribution in [3.63, 3.8) is 0 Å². The van der Waals surface area contributed by atoms with Crippen molar-refractivity contribution in [3.8, 4) is 0 Å². The van der Waals surface area contributed by atoms with Crippen LogP contribution in [0.3, 0.4) is 0 Å². The standard InChI is InChI=1S/C22H23N5O5S/c1-15(19-8-3-4-11-24-19)26-20-10-9-17(13-21(20)27(29)30)22(28)25-14-16-6-5-7-18(12-16)33(31,32)23-2/h3-13,15,23,26H,14H2,1-2H3,(H,25,28). The highest BCUT2D eigenvalue weighted by atomic mass is 32.2. The first-order valence-corrected chi connectivity index (χ1v) is 11.5. The maximum atomic E-state index is 12.6. The number of pyridine rings is 1. The van der Waals surface area contributed by atoms with E-state index in [0.29, 0.717) is 5.56 Å². The Morgan fingerprint density at radius 2 is 1.91 bits per heavy atom. The fourth-order valence-corrected chi connectivity index (χ4v) is 3.91. The molecule has 0 bridgehead atoms. The van der Waals surface area contributed by atoms with Gasteiger partial charge in [0.05, 0.1) is 21.6 Å². The molecule has 1 atom stereocenters. The summed E-state index contributed by atoms with van der Waals surface area (Å²) in [5.74, 6) is -0.524. The zero-order valence-corrected chi connectivity index (χ0v) is 18.8. The van der Waals surface area contributed by atoms with Crippen LogP contribution in [0.1, 0.15) is 34.6 Å². The van der Waals surface area contributed by atoms with Gasteiger partial charge < -0.3 is 10.6 Å². The van der Waals surface area contributed by atoms with Crippen molar-refractivity contribution in [3.05, 3.63) is 93.8 Å². The predicted molar refractivity (Wildman–Crippen MR) is 123 cm³/mol. The number of nitro groups is 1. The Bertz CT molecular complexity index is 1270. The summed E-state index contributed by atoms with van der Waals surface area (Å²) in [6, 6.07) is 15.4. The number of carbonyl (C=O) groups is 1. The average Bonchev–Trinajstić information content (AvgIpc) is 2.83. The number of hydrogen-bond donors (Lipinski definition) is 3. The van der Waals surface area contributed by atoms with Crippen LogP contribution in [0.2, 0.25) is 0 Å². The third kappa shape index (κ3) is 5.90. The highest BCUT2D eigenvalue weighted by molar-refractivity contribution is 7.89. The minimum absolute atomic E-state index is 0.0520. The van der Waals surface area contributed by atoms with E-state index in [0.717, 1.165) is 5.69 Å². The van der Waals surface area contributed by atoms with Crippen molar-refractivity contribution in [2.45, 2.75) is 24.4 Å². The lowest BCUT2D eigenvalue weighted by atomic mass is 10.1. The topological polar surface area (TPSA) is 143 Å². The highest BCUT2D eigenvalue weighted by Gasteiger charge is 2.20. The lowest BCUT2D eigenvalue weighted by Crippen LogP contribution is -2.23. The minimum atomic E-state index is -3.61. The first kappa shape index (κ1) is 23.8. The molecule has 3 N–H and O–H groups in total. The van der Waals surface area contributed by atoms with E-state index in [1.807, 2.05) is 19.1 Å². The summed E-state index contributed by atoms with van der Waals surface area (Å²) in [7, 11) is -2.30. The van der Waals surface area contributed by atoms with Crippen LogP contribution >= 0.6 is 0 Å². The number of aromatic nitrogens is 1.